The van der Waals surface area contributed by atoms with Gasteiger partial charge in [0.1, 0.15) is 0 Å². The van der Waals surface area contributed by atoms with Crippen LogP contribution < -0.4 is 0 Å². The van der Waals surface area contributed by atoms with Crippen molar-refractivity contribution in [2.45, 2.75) is 4.90 Å². The Morgan fingerprint density at radius 2 is 1.69 bits per heavy atom. The summed E-state index contributed by atoms with van der Waals surface area (Å²) in [5, 5.41) is 2.58. The number of hydrogen-bond acceptors (Lipinski definition) is 4. The van der Waals surface area contributed by atoms with E-state index in [1.165, 1.54) is 11.8 Å². The second kappa shape index (κ2) is 8.71. The molecule has 0 aliphatic rings. The Morgan fingerprint density at radius 1 is 1.00 bits per heavy atom. The topological polar surface area (TPSA) is 43.4 Å². The minimum atomic E-state index is -0.440. The molecule has 26 heavy (non-hydrogen) atoms. The van der Waals surface area contributed by atoms with E-state index in [4.69, 9.17) is 16.3 Å². The number of carbonyl (C=O) groups excluding carboxylic acids is 2. The van der Waals surface area contributed by atoms with Crippen LogP contribution in [-0.4, -0.2) is 24.1 Å². The van der Waals surface area contributed by atoms with E-state index >= 15 is 0 Å². The summed E-state index contributed by atoms with van der Waals surface area (Å²) in [4.78, 5) is 24.9. The maximum Gasteiger partial charge on any atom is 0.316 e. The minimum absolute atomic E-state index is 0.109. The van der Waals surface area contributed by atoms with Crippen LogP contribution in [0.2, 0.25) is 5.02 Å². The van der Waals surface area contributed by atoms with E-state index in [1.807, 2.05) is 36.4 Å². The van der Waals surface area contributed by atoms with Gasteiger partial charge in [-0.1, -0.05) is 63.9 Å². The maximum absolute atomic E-state index is 12.0. The lowest BCUT2D eigenvalue weighted by Gasteiger charge is -2.08. The molecule has 0 atom stereocenters. The van der Waals surface area contributed by atoms with Crippen LogP contribution in [0.3, 0.4) is 0 Å². The molecule has 0 N–H and O–H groups in total. The van der Waals surface area contributed by atoms with Crippen molar-refractivity contribution in [2.24, 2.45) is 0 Å². The van der Waals surface area contributed by atoms with E-state index in [1.54, 1.807) is 24.3 Å². The molecule has 0 saturated carbocycles. The number of rotatable bonds is 6. The Bertz CT molecular complexity index is 952. The fourth-order valence-corrected chi connectivity index (χ4v) is 3.93. The lowest BCUT2D eigenvalue weighted by atomic mass is 10.1. The number of ketones is 1. The van der Waals surface area contributed by atoms with Gasteiger partial charge in [-0.25, -0.2) is 0 Å². The van der Waals surface area contributed by atoms with Crippen molar-refractivity contribution < 1.29 is 14.3 Å². The smallest absolute Gasteiger partial charge is 0.316 e. The maximum atomic E-state index is 12.0. The summed E-state index contributed by atoms with van der Waals surface area (Å²) < 4.78 is 5.98. The predicted octanol–water partition coefficient (Wildman–Crippen LogP) is 5.77. The van der Waals surface area contributed by atoms with E-state index in [9.17, 15) is 9.59 Å². The van der Waals surface area contributed by atoms with Crippen LogP contribution in [0, 0.1) is 0 Å². The summed E-state index contributed by atoms with van der Waals surface area (Å²) in [5.41, 5.74) is 0.509. The van der Waals surface area contributed by atoms with Crippen molar-refractivity contribution >= 4 is 61.8 Å². The number of carbonyl (C=O) groups is 2. The van der Waals surface area contributed by atoms with Gasteiger partial charge in [0.05, 0.1) is 5.75 Å². The third kappa shape index (κ3) is 4.67. The molecule has 3 rings (SSSR count). The van der Waals surface area contributed by atoms with Gasteiger partial charge in [-0.3, -0.25) is 9.59 Å². The average molecular weight is 450 g/mol. The third-order valence-corrected chi connectivity index (χ3v) is 5.57. The zero-order chi connectivity index (χ0) is 18.5. The fraction of sp³-hybridized carbons (Fsp3) is 0.100. The Hall–Kier alpha value is -1.82. The van der Waals surface area contributed by atoms with Gasteiger partial charge in [0.15, 0.2) is 12.4 Å². The minimum Gasteiger partial charge on any atom is -0.457 e. The van der Waals surface area contributed by atoms with Gasteiger partial charge in [0.25, 0.3) is 0 Å². The Kier molecular flexibility index (Phi) is 6.35. The van der Waals surface area contributed by atoms with Crippen LogP contribution in [0.1, 0.15) is 10.4 Å². The van der Waals surface area contributed by atoms with Crippen LogP contribution in [-0.2, 0) is 9.53 Å². The molecule has 0 spiro atoms. The van der Waals surface area contributed by atoms with Crippen LogP contribution >= 0.6 is 39.3 Å². The molecule has 0 aliphatic heterocycles. The molecule has 0 unspecified atom stereocenters. The first kappa shape index (κ1) is 19.0. The lowest BCUT2D eigenvalue weighted by molar-refractivity contribution is -0.139. The third-order valence-electron chi connectivity index (χ3n) is 3.69. The summed E-state index contributed by atoms with van der Waals surface area (Å²) in [6.45, 7) is -0.267. The molecule has 0 heterocycles. The molecular formula is C20H14BrClO3S. The van der Waals surface area contributed by atoms with E-state index in [0.29, 0.717) is 10.6 Å². The van der Waals surface area contributed by atoms with Crippen molar-refractivity contribution in [1.82, 2.24) is 0 Å². The van der Waals surface area contributed by atoms with Gasteiger partial charge in [-0.05, 0) is 29.7 Å². The van der Waals surface area contributed by atoms with Gasteiger partial charge in [0, 0.05) is 25.3 Å². The summed E-state index contributed by atoms with van der Waals surface area (Å²) in [6, 6.07) is 18.4. The highest BCUT2D eigenvalue weighted by Crippen LogP contribution is 2.33. The quantitative estimate of drug-likeness (QED) is 0.272. The van der Waals surface area contributed by atoms with Crippen molar-refractivity contribution in [2.75, 3.05) is 12.4 Å². The molecule has 0 aliphatic carbocycles. The number of halogens is 2. The van der Waals surface area contributed by atoms with Gasteiger partial charge in [-0.2, -0.15) is 0 Å². The highest BCUT2D eigenvalue weighted by Gasteiger charge is 2.12. The van der Waals surface area contributed by atoms with Gasteiger partial charge < -0.3 is 4.74 Å². The second-order valence-electron chi connectivity index (χ2n) is 5.47. The first-order valence-electron chi connectivity index (χ1n) is 7.79. The van der Waals surface area contributed by atoms with Crippen molar-refractivity contribution in [3.05, 3.63) is 75.7 Å². The number of benzene rings is 3. The standard InChI is InChI=1S/C20H14BrClO3S/c21-15-9-7-13(8-10-15)17(23)11-25-19(24)12-26-18-6-2-4-14-3-1-5-16(22)20(14)18/h1-10H,11-12H2. The Morgan fingerprint density at radius 3 is 2.42 bits per heavy atom. The van der Waals surface area contributed by atoms with Gasteiger partial charge in [0.2, 0.25) is 0 Å². The Balaban J connectivity index is 1.58. The molecule has 0 radical (unpaired) electrons. The Labute approximate surface area is 168 Å². The van der Waals surface area contributed by atoms with Crippen LogP contribution in [0.25, 0.3) is 10.8 Å². The van der Waals surface area contributed by atoms with Gasteiger partial charge in [-0.15, -0.1) is 11.8 Å². The molecule has 3 aromatic rings. The average Bonchev–Trinajstić information content (AvgIpc) is 2.65. The van der Waals surface area contributed by atoms with Crippen LogP contribution in [0.4, 0.5) is 0 Å². The number of Topliss-reactive ketones (excluding diaryl/α,β-unsaturated/α-hetero) is 1. The molecule has 3 nitrogen and oxygen atoms in total. The lowest BCUT2D eigenvalue weighted by Crippen LogP contribution is -2.15. The highest BCUT2D eigenvalue weighted by molar-refractivity contribution is 9.10. The molecule has 6 heteroatoms. The van der Waals surface area contributed by atoms with Crippen molar-refractivity contribution in [3.63, 3.8) is 0 Å². The summed E-state index contributed by atoms with van der Waals surface area (Å²) >= 11 is 10.9. The van der Waals surface area contributed by atoms with Crippen molar-refractivity contribution in [1.29, 1.82) is 0 Å². The number of fused-ring (bicyclic) bond motifs is 1. The second-order valence-corrected chi connectivity index (χ2v) is 7.81. The van der Waals surface area contributed by atoms with E-state index in [2.05, 4.69) is 15.9 Å². The first-order chi connectivity index (χ1) is 12.5. The predicted molar refractivity (Wildman–Crippen MR) is 109 cm³/mol. The summed E-state index contributed by atoms with van der Waals surface area (Å²) in [7, 11) is 0. The van der Waals surface area contributed by atoms with Crippen molar-refractivity contribution in [3.8, 4) is 0 Å². The number of ether oxygens (including phenoxy) is 1. The zero-order valence-corrected chi connectivity index (χ0v) is 16.7. The van der Waals surface area contributed by atoms with Crippen LogP contribution in [0.5, 0.6) is 0 Å². The van der Waals surface area contributed by atoms with Gasteiger partial charge >= 0.3 is 5.97 Å². The monoisotopic (exact) mass is 448 g/mol. The number of esters is 1. The molecule has 0 saturated heterocycles. The molecule has 132 valence electrons. The van der Waals surface area contributed by atoms with Crippen LogP contribution in [0.15, 0.2) is 70.0 Å². The summed E-state index contributed by atoms with van der Waals surface area (Å²) in [6.07, 6.45) is 0. The highest BCUT2D eigenvalue weighted by atomic mass is 79.9. The first-order valence-corrected chi connectivity index (χ1v) is 9.94. The molecule has 0 amide bonds. The largest absolute Gasteiger partial charge is 0.457 e. The van der Waals surface area contributed by atoms with E-state index < -0.39 is 5.97 Å². The SMILES string of the molecule is O=C(CSc1cccc2cccc(Cl)c12)OCC(=O)c1ccc(Br)cc1. The molecule has 0 bridgehead atoms. The zero-order valence-electron chi connectivity index (χ0n) is 13.6. The molecular weight excluding hydrogens is 436 g/mol. The summed E-state index contributed by atoms with van der Waals surface area (Å²) in [5.74, 6) is -0.564. The van der Waals surface area contributed by atoms with E-state index in [0.717, 1.165) is 20.1 Å². The number of thioether (sulfide) groups is 1. The molecule has 3 aromatic carbocycles. The fourth-order valence-electron chi connectivity index (χ4n) is 2.43. The van der Waals surface area contributed by atoms with E-state index in [-0.39, 0.29) is 18.1 Å². The molecule has 0 aromatic heterocycles. The normalized spacial score (nSPS) is 10.7. The number of hydrogen-bond donors (Lipinski definition) is 0. The molecule has 0 fully saturated rings.